The molecule has 0 radical (unpaired) electrons. The van der Waals surface area contributed by atoms with E-state index in [9.17, 15) is 5.26 Å². The van der Waals surface area contributed by atoms with Gasteiger partial charge < -0.3 is 22.5 Å². The molecule has 6 heteroatoms. The standard InChI is InChI=1S/C15H24N4O.ClH/c1-4-6-8-18-13-10-14(17)19(9-7-5-2)15(20-3)12(13)11-16;/h10H,4-9H2,1-3H3,(H2,17,18);1H. The Morgan fingerprint density at radius 1 is 1.33 bits per heavy atom. The van der Waals surface area contributed by atoms with Crippen LogP contribution >= 0.6 is 0 Å². The molecule has 0 fully saturated rings. The number of aromatic nitrogens is 1. The predicted octanol–water partition coefficient (Wildman–Crippen LogP) is -0.547. The van der Waals surface area contributed by atoms with Crippen molar-refractivity contribution in [1.29, 1.82) is 5.26 Å². The van der Waals surface area contributed by atoms with Gasteiger partial charge in [-0.25, -0.2) is 0 Å². The number of methoxy groups -OCH3 is 1. The quantitative estimate of drug-likeness (QED) is 0.499. The second kappa shape index (κ2) is 10.1. The third-order valence-electron chi connectivity index (χ3n) is 3.22. The Labute approximate surface area is 133 Å². The van der Waals surface area contributed by atoms with Gasteiger partial charge in [-0.05, 0) is 12.8 Å². The molecule has 0 spiro atoms. The molecule has 3 N–H and O–H groups in total. The lowest BCUT2D eigenvalue weighted by atomic mass is 10.2. The van der Waals surface area contributed by atoms with E-state index in [1.54, 1.807) is 7.11 Å². The van der Waals surface area contributed by atoms with Crippen LogP contribution in [-0.2, 0) is 6.54 Å². The molecule has 0 amide bonds. The highest BCUT2D eigenvalue weighted by Gasteiger charge is 2.21. The molecule has 0 aliphatic rings. The Balaban J connectivity index is 0.00000400. The molecule has 1 aromatic rings. The number of pyridine rings is 1. The topological polar surface area (TPSA) is 74.9 Å². The van der Waals surface area contributed by atoms with Crippen LogP contribution in [0.2, 0.25) is 0 Å². The average molecular weight is 313 g/mol. The second-order valence-corrected chi connectivity index (χ2v) is 4.76. The highest BCUT2D eigenvalue weighted by Crippen LogP contribution is 2.25. The Hall–Kier alpha value is -1.67. The van der Waals surface area contributed by atoms with Gasteiger partial charge in [-0.1, -0.05) is 26.7 Å². The summed E-state index contributed by atoms with van der Waals surface area (Å²) in [5.41, 5.74) is 7.37. The van der Waals surface area contributed by atoms with Crippen LogP contribution in [0.15, 0.2) is 6.07 Å². The summed E-state index contributed by atoms with van der Waals surface area (Å²) in [6.07, 6.45) is 4.22. The Kier molecular flexibility index (Phi) is 9.31. The third kappa shape index (κ3) is 4.98. The van der Waals surface area contributed by atoms with Crippen molar-refractivity contribution in [2.75, 3.05) is 24.7 Å². The molecule has 0 bridgehead atoms. The number of ether oxygens (including phenoxy) is 1. The van der Waals surface area contributed by atoms with Gasteiger partial charge in [0, 0.05) is 6.54 Å². The summed E-state index contributed by atoms with van der Waals surface area (Å²) < 4.78 is 7.28. The summed E-state index contributed by atoms with van der Waals surface area (Å²) in [4.78, 5) is 0. The molecule has 1 heterocycles. The largest absolute Gasteiger partial charge is 1.00 e. The van der Waals surface area contributed by atoms with Gasteiger partial charge >= 0.3 is 5.88 Å². The molecule has 1 aromatic heterocycles. The first kappa shape index (κ1) is 19.3. The van der Waals surface area contributed by atoms with E-state index in [4.69, 9.17) is 10.5 Å². The van der Waals surface area contributed by atoms with Gasteiger partial charge in [0.1, 0.15) is 6.07 Å². The maximum Gasteiger partial charge on any atom is 0.304 e. The Bertz CT molecular complexity index is 486. The van der Waals surface area contributed by atoms with Crippen molar-refractivity contribution in [3.63, 3.8) is 0 Å². The van der Waals surface area contributed by atoms with Crippen molar-refractivity contribution in [3.8, 4) is 11.9 Å². The van der Waals surface area contributed by atoms with E-state index in [-0.39, 0.29) is 12.4 Å². The zero-order valence-corrected chi connectivity index (χ0v) is 13.8. The fourth-order valence-electron chi connectivity index (χ4n) is 2.07. The fraction of sp³-hybridized carbons (Fsp3) is 0.600. The van der Waals surface area contributed by atoms with E-state index in [1.807, 2.05) is 10.6 Å². The molecule has 5 nitrogen and oxygen atoms in total. The second-order valence-electron chi connectivity index (χ2n) is 4.76. The van der Waals surface area contributed by atoms with E-state index >= 15 is 0 Å². The molecule has 118 valence electrons. The molecular formula is C15H25ClN4O. The van der Waals surface area contributed by atoms with Crippen molar-refractivity contribution in [1.82, 2.24) is 0 Å². The highest BCUT2D eigenvalue weighted by molar-refractivity contribution is 5.63. The minimum Gasteiger partial charge on any atom is -1.00 e. The number of rotatable bonds is 8. The van der Waals surface area contributed by atoms with Crippen molar-refractivity contribution < 1.29 is 21.7 Å². The number of nitriles is 1. The van der Waals surface area contributed by atoms with Gasteiger partial charge in [-0.3, -0.25) is 5.73 Å². The summed E-state index contributed by atoms with van der Waals surface area (Å²) in [6, 6.07) is 4.05. The first-order valence-corrected chi connectivity index (χ1v) is 7.23. The van der Waals surface area contributed by atoms with Gasteiger partial charge in [0.2, 0.25) is 0 Å². The molecule has 0 atom stereocenters. The number of nitrogens with zero attached hydrogens (tertiary/aromatic N) is 2. The number of hydrogen-bond acceptors (Lipinski definition) is 4. The van der Waals surface area contributed by atoms with Crippen molar-refractivity contribution >= 4 is 11.5 Å². The number of nitrogen functional groups attached to an aromatic ring is 1. The Morgan fingerprint density at radius 3 is 2.52 bits per heavy atom. The highest BCUT2D eigenvalue weighted by atomic mass is 35.5. The molecule has 0 aromatic carbocycles. The smallest absolute Gasteiger partial charge is 0.304 e. The van der Waals surface area contributed by atoms with Gasteiger partial charge in [-0.15, -0.1) is 0 Å². The fourth-order valence-corrected chi connectivity index (χ4v) is 2.07. The molecule has 0 saturated carbocycles. The summed E-state index contributed by atoms with van der Waals surface area (Å²) in [5.74, 6) is 1.16. The van der Waals surface area contributed by atoms with E-state index in [2.05, 4.69) is 25.2 Å². The number of hydrogen-bond donors (Lipinski definition) is 2. The van der Waals surface area contributed by atoms with Crippen LogP contribution in [0, 0.1) is 11.3 Å². The molecule has 1 rings (SSSR count). The van der Waals surface area contributed by atoms with E-state index in [0.717, 1.165) is 44.5 Å². The summed E-state index contributed by atoms with van der Waals surface area (Å²) in [5, 5.41) is 12.7. The number of nitrogens with one attached hydrogen (secondary N) is 1. The SMILES string of the molecule is CCCCNc1cc(N)[n+](CCCC)c(OC)c1C#N.[Cl-]. The number of unbranched alkanes of at least 4 members (excludes halogenated alkanes) is 2. The molecular weight excluding hydrogens is 288 g/mol. The molecule has 0 aliphatic carbocycles. The monoisotopic (exact) mass is 312 g/mol. The van der Waals surface area contributed by atoms with Crippen molar-refractivity contribution in [3.05, 3.63) is 11.6 Å². The first-order chi connectivity index (χ1) is 9.69. The normalized spacial score (nSPS) is 9.62. The lowest BCUT2D eigenvalue weighted by Crippen LogP contribution is -3.00. The van der Waals surface area contributed by atoms with Gasteiger partial charge in [0.05, 0.1) is 25.4 Å². The minimum atomic E-state index is 0. The van der Waals surface area contributed by atoms with Crippen LogP contribution in [0.5, 0.6) is 5.88 Å². The van der Waals surface area contributed by atoms with Crippen LogP contribution in [-0.4, -0.2) is 13.7 Å². The summed E-state index contributed by atoms with van der Waals surface area (Å²) >= 11 is 0. The van der Waals surface area contributed by atoms with E-state index < -0.39 is 0 Å². The maximum absolute atomic E-state index is 9.40. The minimum absolute atomic E-state index is 0. The summed E-state index contributed by atoms with van der Waals surface area (Å²) in [7, 11) is 1.58. The molecule has 0 aliphatic heterocycles. The maximum atomic E-state index is 9.40. The van der Waals surface area contributed by atoms with Crippen LogP contribution < -0.4 is 32.8 Å². The third-order valence-corrected chi connectivity index (χ3v) is 3.22. The van der Waals surface area contributed by atoms with Crippen molar-refractivity contribution in [2.24, 2.45) is 0 Å². The number of nitrogens with two attached hydrogens (primary N) is 1. The predicted molar refractivity (Wildman–Crippen MR) is 80.6 cm³/mol. The first-order valence-electron chi connectivity index (χ1n) is 7.23. The average Bonchev–Trinajstić information content (AvgIpc) is 2.45. The van der Waals surface area contributed by atoms with Gasteiger partial charge in [0.15, 0.2) is 5.56 Å². The van der Waals surface area contributed by atoms with Crippen LogP contribution in [0.4, 0.5) is 11.5 Å². The van der Waals surface area contributed by atoms with Crippen molar-refractivity contribution in [2.45, 2.75) is 46.1 Å². The summed E-state index contributed by atoms with van der Waals surface area (Å²) in [6.45, 7) is 5.84. The number of anilines is 2. The van der Waals surface area contributed by atoms with Crippen LogP contribution in [0.1, 0.15) is 45.1 Å². The molecule has 21 heavy (non-hydrogen) atoms. The Morgan fingerprint density at radius 2 is 2.00 bits per heavy atom. The zero-order chi connectivity index (χ0) is 15.0. The van der Waals surface area contributed by atoms with Gasteiger partial charge in [-0.2, -0.15) is 9.83 Å². The van der Waals surface area contributed by atoms with Crippen LogP contribution in [0.25, 0.3) is 0 Å². The van der Waals surface area contributed by atoms with Crippen LogP contribution in [0.3, 0.4) is 0 Å². The van der Waals surface area contributed by atoms with Gasteiger partial charge in [0.25, 0.3) is 5.82 Å². The number of halogens is 1. The lowest BCUT2D eigenvalue weighted by molar-refractivity contribution is -0.688. The lowest BCUT2D eigenvalue weighted by Gasteiger charge is -2.14. The van der Waals surface area contributed by atoms with E-state index in [0.29, 0.717) is 17.3 Å². The zero-order valence-electron chi connectivity index (χ0n) is 13.1. The molecule has 0 unspecified atom stereocenters. The molecule has 0 saturated heterocycles. The van der Waals surface area contributed by atoms with E-state index in [1.165, 1.54) is 0 Å².